The third kappa shape index (κ3) is 4.10. The van der Waals surface area contributed by atoms with Crippen molar-refractivity contribution < 1.29 is 13.2 Å². The standard InChI is InChI=1S/C20H20N4O3S2/c1-3-24-17-7-5-4-6-15(17)16-10-13(8-9-18(16)24)21-19(25)11-14-12-28-20(22-14)23-29(2,26)27/h4-10,12H,3,11H2,1-2H3,(H,21,25)(H,22,23). The molecule has 0 saturated carbocycles. The van der Waals surface area contributed by atoms with E-state index >= 15 is 0 Å². The summed E-state index contributed by atoms with van der Waals surface area (Å²) in [4.78, 5) is 16.6. The molecule has 2 aromatic carbocycles. The van der Waals surface area contributed by atoms with Crippen molar-refractivity contribution >= 4 is 59.9 Å². The number of aryl methyl sites for hydroxylation is 1. The lowest BCUT2D eigenvalue weighted by Crippen LogP contribution is -2.15. The molecule has 4 rings (SSSR count). The van der Waals surface area contributed by atoms with Crippen LogP contribution < -0.4 is 10.0 Å². The summed E-state index contributed by atoms with van der Waals surface area (Å²) in [6.45, 7) is 2.98. The highest BCUT2D eigenvalue weighted by Gasteiger charge is 2.13. The van der Waals surface area contributed by atoms with E-state index in [0.717, 1.165) is 40.4 Å². The molecule has 0 aliphatic carbocycles. The first-order valence-corrected chi connectivity index (χ1v) is 11.8. The molecule has 0 aliphatic heterocycles. The van der Waals surface area contributed by atoms with Crippen molar-refractivity contribution in [2.24, 2.45) is 0 Å². The van der Waals surface area contributed by atoms with Gasteiger partial charge in [-0.3, -0.25) is 9.52 Å². The first-order chi connectivity index (χ1) is 13.8. The number of fused-ring (bicyclic) bond motifs is 3. The van der Waals surface area contributed by atoms with Crippen LogP contribution >= 0.6 is 11.3 Å². The Labute approximate surface area is 172 Å². The van der Waals surface area contributed by atoms with Crippen molar-refractivity contribution in [1.82, 2.24) is 9.55 Å². The van der Waals surface area contributed by atoms with Crippen molar-refractivity contribution in [3.8, 4) is 0 Å². The fourth-order valence-corrected chi connectivity index (χ4v) is 5.00. The van der Waals surface area contributed by atoms with E-state index in [1.165, 1.54) is 5.52 Å². The van der Waals surface area contributed by atoms with Crippen LogP contribution in [-0.2, 0) is 27.8 Å². The van der Waals surface area contributed by atoms with Gasteiger partial charge in [-0.25, -0.2) is 13.4 Å². The van der Waals surface area contributed by atoms with E-state index in [1.807, 2.05) is 30.3 Å². The first kappa shape index (κ1) is 19.4. The average molecular weight is 429 g/mol. The summed E-state index contributed by atoms with van der Waals surface area (Å²) in [5, 5.41) is 7.08. The molecule has 2 aromatic heterocycles. The van der Waals surface area contributed by atoms with Gasteiger partial charge in [0.15, 0.2) is 5.13 Å². The Morgan fingerprint density at radius 3 is 2.66 bits per heavy atom. The molecule has 1 amide bonds. The molecule has 0 saturated heterocycles. The Hall–Kier alpha value is -2.91. The molecule has 150 valence electrons. The van der Waals surface area contributed by atoms with Gasteiger partial charge in [-0.05, 0) is 31.2 Å². The van der Waals surface area contributed by atoms with Crippen LogP contribution in [0.3, 0.4) is 0 Å². The highest BCUT2D eigenvalue weighted by Crippen LogP contribution is 2.31. The van der Waals surface area contributed by atoms with Crippen LogP contribution in [0.25, 0.3) is 21.8 Å². The monoisotopic (exact) mass is 428 g/mol. The average Bonchev–Trinajstić information content (AvgIpc) is 3.21. The maximum absolute atomic E-state index is 12.4. The summed E-state index contributed by atoms with van der Waals surface area (Å²) < 4.78 is 27.1. The van der Waals surface area contributed by atoms with Gasteiger partial charge < -0.3 is 9.88 Å². The number of amides is 1. The second-order valence-electron chi connectivity index (χ2n) is 6.74. The molecule has 0 unspecified atom stereocenters. The Kier molecular flexibility index (Phi) is 5.01. The number of carbonyl (C=O) groups excluding carboxylic acids is 1. The van der Waals surface area contributed by atoms with Crippen molar-refractivity contribution in [3.63, 3.8) is 0 Å². The lowest BCUT2D eigenvalue weighted by Gasteiger charge is -2.06. The lowest BCUT2D eigenvalue weighted by atomic mass is 10.1. The van der Waals surface area contributed by atoms with Crippen LogP contribution in [0.1, 0.15) is 12.6 Å². The minimum absolute atomic E-state index is 0.0662. The third-order valence-electron chi connectivity index (χ3n) is 4.54. The Morgan fingerprint density at radius 1 is 1.14 bits per heavy atom. The maximum atomic E-state index is 12.4. The Bertz CT molecular complexity index is 1320. The van der Waals surface area contributed by atoms with Gasteiger partial charge in [0.05, 0.1) is 18.4 Å². The minimum atomic E-state index is -3.38. The number of rotatable bonds is 6. The molecule has 0 fully saturated rings. The molecule has 0 radical (unpaired) electrons. The molecule has 2 N–H and O–H groups in total. The van der Waals surface area contributed by atoms with E-state index in [9.17, 15) is 13.2 Å². The van der Waals surface area contributed by atoms with Gasteiger partial charge in [-0.1, -0.05) is 18.2 Å². The van der Waals surface area contributed by atoms with E-state index in [2.05, 4.69) is 38.6 Å². The maximum Gasteiger partial charge on any atom is 0.231 e. The minimum Gasteiger partial charge on any atom is -0.341 e. The summed E-state index contributed by atoms with van der Waals surface area (Å²) in [6.07, 6.45) is 1.13. The van der Waals surface area contributed by atoms with Gasteiger partial charge in [0.2, 0.25) is 15.9 Å². The predicted octanol–water partition coefficient (Wildman–Crippen LogP) is 3.82. The number of benzene rings is 2. The second kappa shape index (κ2) is 7.49. The third-order valence-corrected chi connectivity index (χ3v) is 6.04. The van der Waals surface area contributed by atoms with E-state index in [4.69, 9.17) is 0 Å². The summed E-state index contributed by atoms with van der Waals surface area (Å²) in [7, 11) is -3.38. The molecule has 9 heteroatoms. The summed E-state index contributed by atoms with van der Waals surface area (Å²) in [5.74, 6) is -0.209. The molecule has 0 spiro atoms. The zero-order valence-electron chi connectivity index (χ0n) is 16.0. The van der Waals surface area contributed by atoms with E-state index < -0.39 is 10.0 Å². The predicted molar refractivity (Wildman–Crippen MR) is 118 cm³/mol. The number of para-hydroxylation sites is 1. The molecule has 0 aliphatic rings. The highest BCUT2D eigenvalue weighted by atomic mass is 32.2. The van der Waals surface area contributed by atoms with Crippen LogP contribution in [-0.4, -0.2) is 30.1 Å². The normalized spacial score (nSPS) is 11.8. The summed E-state index contributed by atoms with van der Waals surface area (Å²) in [5.41, 5.74) is 3.53. The fraction of sp³-hybridized carbons (Fsp3) is 0.200. The Balaban J connectivity index is 1.55. The largest absolute Gasteiger partial charge is 0.341 e. The highest BCUT2D eigenvalue weighted by molar-refractivity contribution is 7.92. The van der Waals surface area contributed by atoms with Gasteiger partial charge >= 0.3 is 0 Å². The molecule has 0 atom stereocenters. The van der Waals surface area contributed by atoms with Gasteiger partial charge in [0, 0.05) is 39.4 Å². The molecule has 2 heterocycles. The van der Waals surface area contributed by atoms with Crippen LogP contribution in [0.5, 0.6) is 0 Å². The Morgan fingerprint density at radius 2 is 1.90 bits per heavy atom. The lowest BCUT2D eigenvalue weighted by molar-refractivity contribution is -0.115. The van der Waals surface area contributed by atoms with Crippen LogP contribution in [0.4, 0.5) is 10.8 Å². The number of nitrogens with one attached hydrogen (secondary N) is 2. The van der Waals surface area contributed by atoms with Crippen LogP contribution in [0.2, 0.25) is 0 Å². The van der Waals surface area contributed by atoms with Crippen LogP contribution in [0, 0.1) is 0 Å². The van der Waals surface area contributed by atoms with E-state index in [-0.39, 0.29) is 17.5 Å². The van der Waals surface area contributed by atoms with Crippen molar-refractivity contribution in [3.05, 3.63) is 53.5 Å². The molecule has 4 aromatic rings. The SMILES string of the molecule is CCn1c2ccccc2c2cc(NC(=O)Cc3csc(NS(C)(=O)=O)n3)ccc21. The number of anilines is 2. The van der Waals surface area contributed by atoms with Crippen molar-refractivity contribution in [1.29, 1.82) is 0 Å². The van der Waals surface area contributed by atoms with Gasteiger partial charge in [0.1, 0.15) is 0 Å². The van der Waals surface area contributed by atoms with Gasteiger partial charge in [-0.15, -0.1) is 11.3 Å². The molecular formula is C20H20N4O3S2. The van der Waals surface area contributed by atoms with Crippen molar-refractivity contribution in [2.75, 3.05) is 16.3 Å². The zero-order chi connectivity index (χ0) is 20.6. The number of hydrogen-bond acceptors (Lipinski definition) is 5. The van der Waals surface area contributed by atoms with E-state index in [0.29, 0.717) is 11.4 Å². The smallest absolute Gasteiger partial charge is 0.231 e. The van der Waals surface area contributed by atoms with Crippen LogP contribution in [0.15, 0.2) is 47.8 Å². The number of aromatic nitrogens is 2. The summed E-state index contributed by atoms with van der Waals surface area (Å²) >= 11 is 1.15. The number of sulfonamides is 1. The number of thiazole rings is 1. The van der Waals surface area contributed by atoms with E-state index in [1.54, 1.807) is 5.38 Å². The quantitative estimate of drug-likeness (QED) is 0.488. The molecular weight excluding hydrogens is 408 g/mol. The molecule has 0 bridgehead atoms. The zero-order valence-corrected chi connectivity index (χ0v) is 17.6. The van der Waals surface area contributed by atoms with Gasteiger partial charge in [0.25, 0.3) is 0 Å². The number of nitrogens with zero attached hydrogens (tertiary/aromatic N) is 2. The second-order valence-corrected chi connectivity index (χ2v) is 9.34. The number of hydrogen-bond donors (Lipinski definition) is 2. The van der Waals surface area contributed by atoms with Crippen molar-refractivity contribution in [2.45, 2.75) is 19.9 Å². The fourth-order valence-electron chi connectivity index (χ4n) is 3.44. The topological polar surface area (TPSA) is 93.1 Å². The number of carbonyl (C=O) groups is 1. The first-order valence-electron chi connectivity index (χ1n) is 9.07. The molecule has 29 heavy (non-hydrogen) atoms. The van der Waals surface area contributed by atoms with Gasteiger partial charge in [-0.2, -0.15) is 0 Å². The molecule has 7 nitrogen and oxygen atoms in total. The summed E-state index contributed by atoms with van der Waals surface area (Å²) in [6, 6.07) is 14.1.